The van der Waals surface area contributed by atoms with Crippen LogP contribution in [-0.4, -0.2) is 28.6 Å². The number of aromatic nitrogens is 1. The second kappa shape index (κ2) is 9.08. The Balaban J connectivity index is 1.56. The number of carbonyl (C=O) groups excluding carboxylic acids is 1. The summed E-state index contributed by atoms with van der Waals surface area (Å²) in [6.45, 7) is 2.46. The lowest BCUT2D eigenvalue weighted by molar-refractivity contribution is -0.137. The van der Waals surface area contributed by atoms with Gasteiger partial charge in [-0.05, 0) is 48.2 Å². The van der Waals surface area contributed by atoms with Crippen molar-refractivity contribution in [3.05, 3.63) is 59.8 Å². The van der Waals surface area contributed by atoms with Crippen LogP contribution < -0.4 is 10.1 Å². The summed E-state index contributed by atoms with van der Waals surface area (Å²) in [6.07, 6.45) is 3.67. The molecular formula is C22H24N2O4. The quantitative estimate of drug-likeness (QED) is 0.486. The molecule has 146 valence electrons. The Morgan fingerprint density at radius 3 is 2.61 bits per heavy atom. The highest BCUT2D eigenvalue weighted by Crippen LogP contribution is 2.23. The Morgan fingerprint density at radius 2 is 1.89 bits per heavy atom. The van der Waals surface area contributed by atoms with Gasteiger partial charge < -0.3 is 20.1 Å². The van der Waals surface area contributed by atoms with Crippen molar-refractivity contribution in [3.8, 4) is 5.75 Å². The van der Waals surface area contributed by atoms with Crippen molar-refractivity contribution in [2.24, 2.45) is 0 Å². The predicted octanol–water partition coefficient (Wildman–Crippen LogP) is 4.16. The minimum absolute atomic E-state index is 0.0850. The zero-order valence-electron chi connectivity index (χ0n) is 15.8. The van der Waals surface area contributed by atoms with E-state index in [4.69, 9.17) is 9.84 Å². The fraction of sp³-hybridized carbons (Fsp3) is 0.273. The topological polar surface area (TPSA) is 91.4 Å². The summed E-state index contributed by atoms with van der Waals surface area (Å²) in [7, 11) is 0. The van der Waals surface area contributed by atoms with Crippen LogP contribution in [0.1, 0.15) is 30.9 Å². The van der Waals surface area contributed by atoms with E-state index >= 15 is 0 Å². The fourth-order valence-corrected chi connectivity index (χ4v) is 3.14. The summed E-state index contributed by atoms with van der Waals surface area (Å²) < 4.78 is 5.49. The Kier molecular flexibility index (Phi) is 6.32. The minimum Gasteiger partial charge on any atom is -0.494 e. The number of anilines is 1. The van der Waals surface area contributed by atoms with Crippen molar-refractivity contribution < 1.29 is 19.4 Å². The summed E-state index contributed by atoms with van der Waals surface area (Å²) in [6, 6.07) is 13.2. The number of aryl methyl sites for hydroxylation is 1. The lowest BCUT2D eigenvalue weighted by Gasteiger charge is -2.08. The van der Waals surface area contributed by atoms with Crippen LogP contribution >= 0.6 is 0 Å². The molecule has 0 aliphatic rings. The van der Waals surface area contributed by atoms with Gasteiger partial charge in [0.1, 0.15) is 5.75 Å². The van der Waals surface area contributed by atoms with Gasteiger partial charge in [0.05, 0.1) is 13.0 Å². The number of aliphatic carboxylic acids is 1. The van der Waals surface area contributed by atoms with Crippen LogP contribution in [0.2, 0.25) is 0 Å². The van der Waals surface area contributed by atoms with E-state index < -0.39 is 5.97 Å². The average Bonchev–Trinajstić information content (AvgIpc) is 3.09. The molecule has 0 atom stereocenters. The molecule has 1 aromatic heterocycles. The molecule has 0 radical (unpaired) electrons. The van der Waals surface area contributed by atoms with Gasteiger partial charge in [0.15, 0.2) is 0 Å². The van der Waals surface area contributed by atoms with Crippen molar-refractivity contribution in [3.63, 3.8) is 0 Å². The number of rotatable bonds is 9. The molecule has 6 heteroatoms. The van der Waals surface area contributed by atoms with Crippen molar-refractivity contribution in [2.45, 2.75) is 32.6 Å². The minimum atomic E-state index is -0.831. The van der Waals surface area contributed by atoms with E-state index in [-0.39, 0.29) is 12.3 Å². The van der Waals surface area contributed by atoms with Crippen LogP contribution in [0.5, 0.6) is 5.75 Å². The molecule has 1 heterocycles. The molecule has 0 aliphatic heterocycles. The first-order chi connectivity index (χ1) is 13.6. The molecule has 3 rings (SSSR count). The summed E-state index contributed by atoms with van der Waals surface area (Å²) in [5.41, 5.74) is 4.00. The maximum absolute atomic E-state index is 12.4. The third kappa shape index (κ3) is 4.91. The van der Waals surface area contributed by atoms with Crippen molar-refractivity contribution in [1.82, 2.24) is 4.98 Å². The van der Waals surface area contributed by atoms with E-state index in [1.807, 2.05) is 18.3 Å². The third-order valence-corrected chi connectivity index (χ3v) is 4.56. The second-order valence-corrected chi connectivity index (χ2v) is 6.60. The van der Waals surface area contributed by atoms with Crippen molar-refractivity contribution >= 4 is 28.5 Å². The Morgan fingerprint density at radius 1 is 1.11 bits per heavy atom. The first-order valence-electron chi connectivity index (χ1n) is 9.39. The second-order valence-electron chi connectivity index (χ2n) is 6.60. The van der Waals surface area contributed by atoms with Crippen LogP contribution in [-0.2, 0) is 22.4 Å². The predicted molar refractivity (Wildman–Crippen MR) is 109 cm³/mol. The standard InChI is InChI=1S/C22H24N2O4/c1-2-15-5-3-6-19-16(14-23-22(15)19)13-20(25)24-17-8-10-18(11-9-17)28-12-4-7-21(26)27/h3,5-6,8-11,14,23H,2,4,7,12-13H2,1H3,(H,24,25)(H,26,27). The SMILES string of the molecule is CCc1cccc2c(CC(=O)Nc3ccc(OCCCC(=O)O)cc3)c[nH]c12. The van der Waals surface area contributed by atoms with Gasteiger partial charge in [0.25, 0.3) is 0 Å². The van der Waals surface area contributed by atoms with E-state index in [1.165, 1.54) is 5.56 Å². The summed E-state index contributed by atoms with van der Waals surface area (Å²) in [5.74, 6) is -0.271. The first-order valence-corrected chi connectivity index (χ1v) is 9.39. The molecule has 0 unspecified atom stereocenters. The molecule has 0 saturated heterocycles. The Hall–Kier alpha value is -3.28. The number of hydrogen-bond acceptors (Lipinski definition) is 3. The van der Waals surface area contributed by atoms with E-state index in [2.05, 4.69) is 23.3 Å². The largest absolute Gasteiger partial charge is 0.494 e. The zero-order valence-corrected chi connectivity index (χ0v) is 15.8. The van der Waals surface area contributed by atoms with Gasteiger partial charge in [-0.2, -0.15) is 0 Å². The van der Waals surface area contributed by atoms with Crippen LogP contribution in [0.15, 0.2) is 48.7 Å². The van der Waals surface area contributed by atoms with Crippen LogP contribution in [0.4, 0.5) is 5.69 Å². The number of fused-ring (bicyclic) bond motifs is 1. The Bertz CT molecular complexity index is 960. The Labute approximate surface area is 163 Å². The highest BCUT2D eigenvalue weighted by molar-refractivity contribution is 5.96. The molecule has 0 spiro atoms. The lowest BCUT2D eigenvalue weighted by Crippen LogP contribution is -2.14. The van der Waals surface area contributed by atoms with Gasteiger partial charge in [-0.15, -0.1) is 0 Å². The van der Waals surface area contributed by atoms with Crippen LogP contribution in [0, 0.1) is 0 Å². The van der Waals surface area contributed by atoms with Gasteiger partial charge in [-0.25, -0.2) is 0 Å². The molecule has 0 saturated carbocycles. The van der Waals surface area contributed by atoms with Gasteiger partial charge in [0, 0.05) is 29.2 Å². The molecule has 0 aliphatic carbocycles. The monoisotopic (exact) mass is 380 g/mol. The van der Waals surface area contributed by atoms with Crippen molar-refractivity contribution in [2.75, 3.05) is 11.9 Å². The number of amides is 1. The van der Waals surface area contributed by atoms with E-state index in [0.717, 1.165) is 22.9 Å². The number of H-pyrrole nitrogens is 1. The highest BCUT2D eigenvalue weighted by Gasteiger charge is 2.11. The van der Waals surface area contributed by atoms with Gasteiger partial charge in [-0.1, -0.05) is 25.1 Å². The number of carbonyl (C=O) groups is 2. The summed E-state index contributed by atoms with van der Waals surface area (Å²) in [4.78, 5) is 26.2. The average molecular weight is 380 g/mol. The molecule has 0 bridgehead atoms. The molecule has 1 amide bonds. The number of aromatic amines is 1. The van der Waals surface area contributed by atoms with Crippen LogP contribution in [0.25, 0.3) is 10.9 Å². The van der Waals surface area contributed by atoms with Gasteiger partial charge in [-0.3, -0.25) is 9.59 Å². The summed E-state index contributed by atoms with van der Waals surface area (Å²) in [5, 5.41) is 12.6. The van der Waals surface area contributed by atoms with E-state index in [1.54, 1.807) is 24.3 Å². The normalized spacial score (nSPS) is 10.8. The lowest BCUT2D eigenvalue weighted by atomic mass is 10.1. The van der Waals surface area contributed by atoms with E-state index in [9.17, 15) is 9.59 Å². The number of carboxylic acid groups (broad SMARTS) is 1. The van der Waals surface area contributed by atoms with Crippen molar-refractivity contribution in [1.29, 1.82) is 0 Å². The number of nitrogens with one attached hydrogen (secondary N) is 2. The van der Waals surface area contributed by atoms with Gasteiger partial charge >= 0.3 is 5.97 Å². The maximum atomic E-state index is 12.4. The molecule has 3 N–H and O–H groups in total. The summed E-state index contributed by atoms with van der Waals surface area (Å²) >= 11 is 0. The fourth-order valence-electron chi connectivity index (χ4n) is 3.14. The van der Waals surface area contributed by atoms with Crippen LogP contribution in [0.3, 0.4) is 0 Å². The highest BCUT2D eigenvalue weighted by atomic mass is 16.5. The zero-order chi connectivity index (χ0) is 19.9. The van der Waals surface area contributed by atoms with Gasteiger partial charge in [0.2, 0.25) is 5.91 Å². The number of benzene rings is 2. The third-order valence-electron chi connectivity index (χ3n) is 4.56. The smallest absolute Gasteiger partial charge is 0.303 e. The molecule has 2 aromatic carbocycles. The molecule has 28 heavy (non-hydrogen) atoms. The molecule has 3 aromatic rings. The number of carboxylic acids is 1. The van der Waals surface area contributed by atoms with E-state index in [0.29, 0.717) is 30.9 Å². The molecular weight excluding hydrogens is 356 g/mol. The number of para-hydroxylation sites is 1. The molecule has 0 fully saturated rings. The molecule has 6 nitrogen and oxygen atoms in total. The first kappa shape index (κ1) is 19.5. The number of hydrogen-bond donors (Lipinski definition) is 3. The maximum Gasteiger partial charge on any atom is 0.303 e. The number of ether oxygens (including phenoxy) is 1.